The second-order valence-electron chi connectivity index (χ2n) is 6.39. The third-order valence-electron chi connectivity index (χ3n) is 3.95. The summed E-state index contributed by atoms with van der Waals surface area (Å²) in [6, 6.07) is 10.6. The Bertz CT molecular complexity index is 448. The van der Waals surface area contributed by atoms with Crippen molar-refractivity contribution in [2.24, 2.45) is 5.92 Å². The van der Waals surface area contributed by atoms with Crippen LogP contribution >= 0.6 is 0 Å². The van der Waals surface area contributed by atoms with Crippen molar-refractivity contribution in [1.29, 1.82) is 0 Å². The van der Waals surface area contributed by atoms with Gasteiger partial charge in [-0.15, -0.1) is 0 Å². The molecule has 4 heteroatoms. The average molecular weight is 304 g/mol. The van der Waals surface area contributed by atoms with Gasteiger partial charge in [0.2, 0.25) is 0 Å². The lowest BCUT2D eigenvalue weighted by atomic mass is 10.1. The van der Waals surface area contributed by atoms with Crippen LogP contribution < -0.4 is 0 Å². The van der Waals surface area contributed by atoms with E-state index in [0.29, 0.717) is 12.5 Å². The smallest absolute Gasteiger partial charge is 0.409 e. The van der Waals surface area contributed by atoms with Crippen molar-refractivity contribution in [2.75, 3.05) is 39.3 Å². The largest absolute Gasteiger partial charge is 0.449 e. The third-order valence-corrected chi connectivity index (χ3v) is 3.95. The summed E-state index contributed by atoms with van der Waals surface area (Å²) in [5.41, 5.74) is 1.37. The molecule has 122 valence electrons. The van der Waals surface area contributed by atoms with Gasteiger partial charge in [-0.25, -0.2) is 4.79 Å². The summed E-state index contributed by atoms with van der Waals surface area (Å²) in [5, 5.41) is 0. The summed E-state index contributed by atoms with van der Waals surface area (Å²) in [7, 11) is 0. The molecule has 2 rings (SSSR count). The van der Waals surface area contributed by atoms with E-state index in [2.05, 4.69) is 49.1 Å². The topological polar surface area (TPSA) is 32.8 Å². The Morgan fingerprint density at radius 1 is 1.14 bits per heavy atom. The maximum Gasteiger partial charge on any atom is 0.409 e. The first-order chi connectivity index (χ1) is 10.6. The lowest BCUT2D eigenvalue weighted by Crippen LogP contribution is -2.36. The van der Waals surface area contributed by atoms with Crippen LogP contribution in [0.1, 0.15) is 25.8 Å². The average Bonchev–Trinajstić information content (AvgIpc) is 2.77. The number of hydrogen-bond donors (Lipinski definition) is 0. The van der Waals surface area contributed by atoms with Gasteiger partial charge in [-0.3, -0.25) is 0 Å². The Balaban J connectivity index is 1.73. The summed E-state index contributed by atoms with van der Waals surface area (Å²) in [5.74, 6) is 0.387. The Morgan fingerprint density at radius 2 is 1.91 bits per heavy atom. The van der Waals surface area contributed by atoms with Crippen molar-refractivity contribution >= 4 is 6.09 Å². The molecule has 0 saturated carbocycles. The molecule has 0 aliphatic carbocycles. The molecule has 0 unspecified atom stereocenters. The Hall–Kier alpha value is -1.55. The summed E-state index contributed by atoms with van der Waals surface area (Å²) in [4.78, 5) is 16.3. The van der Waals surface area contributed by atoms with Crippen LogP contribution in [-0.4, -0.2) is 55.2 Å². The fraction of sp³-hybridized carbons (Fsp3) is 0.611. The molecule has 0 N–H and O–H groups in total. The van der Waals surface area contributed by atoms with Crippen molar-refractivity contribution in [3.8, 4) is 0 Å². The van der Waals surface area contributed by atoms with Crippen LogP contribution in [0.5, 0.6) is 0 Å². The summed E-state index contributed by atoms with van der Waals surface area (Å²) < 4.78 is 5.33. The van der Waals surface area contributed by atoms with Crippen LogP contribution in [0.4, 0.5) is 4.79 Å². The third kappa shape index (κ3) is 5.68. The van der Waals surface area contributed by atoms with Gasteiger partial charge >= 0.3 is 6.09 Å². The second kappa shape index (κ2) is 8.79. The predicted octanol–water partition coefficient (Wildman–Crippen LogP) is 3.03. The molecule has 1 aliphatic heterocycles. The minimum atomic E-state index is -0.154. The van der Waals surface area contributed by atoms with E-state index in [9.17, 15) is 4.79 Å². The van der Waals surface area contributed by atoms with Gasteiger partial charge in [0.15, 0.2) is 0 Å². The quantitative estimate of drug-likeness (QED) is 0.838. The predicted molar refractivity (Wildman–Crippen MR) is 89.0 cm³/mol. The summed E-state index contributed by atoms with van der Waals surface area (Å²) in [6.07, 6.45) is 1.93. The highest BCUT2D eigenvalue weighted by Crippen LogP contribution is 2.08. The Labute approximate surface area is 134 Å². The number of amides is 1. The molecule has 1 fully saturated rings. The highest BCUT2D eigenvalue weighted by molar-refractivity contribution is 5.67. The van der Waals surface area contributed by atoms with Crippen molar-refractivity contribution in [3.63, 3.8) is 0 Å². The second-order valence-corrected chi connectivity index (χ2v) is 6.39. The standard InChI is InChI=1S/C18H28N2O2/c1-16(2)15-22-18(21)20-11-6-10-19(13-14-20)12-9-17-7-4-3-5-8-17/h3-5,7-8,16H,6,9-15H2,1-2H3. The zero-order valence-corrected chi connectivity index (χ0v) is 13.8. The number of ether oxygens (including phenoxy) is 1. The normalized spacial score (nSPS) is 16.6. The number of rotatable bonds is 5. The number of carbonyl (C=O) groups excluding carboxylic acids is 1. The molecule has 22 heavy (non-hydrogen) atoms. The highest BCUT2D eigenvalue weighted by atomic mass is 16.6. The number of carbonyl (C=O) groups is 1. The molecule has 0 bridgehead atoms. The number of hydrogen-bond acceptors (Lipinski definition) is 3. The zero-order chi connectivity index (χ0) is 15.8. The monoisotopic (exact) mass is 304 g/mol. The van der Waals surface area contributed by atoms with Crippen molar-refractivity contribution in [2.45, 2.75) is 26.7 Å². The van der Waals surface area contributed by atoms with E-state index in [0.717, 1.165) is 45.6 Å². The lowest BCUT2D eigenvalue weighted by Gasteiger charge is -2.22. The van der Waals surface area contributed by atoms with Gasteiger partial charge in [0.05, 0.1) is 6.61 Å². The first-order valence-corrected chi connectivity index (χ1v) is 8.33. The zero-order valence-electron chi connectivity index (χ0n) is 13.8. The summed E-state index contributed by atoms with van der Waals surface area (Å²) in [6.45, 7) is 9.24. The molecular formula is C18H28N2O2. The van der Waals surface area contributed by atoms with Crippen LogP contribution in [-0.2, 0) is 11.2 Å². The first-order valence-electron chi connectivity index (χ1n) is 8.33. The van der Waals surface area contributed by atoms with Gasteiger partial charge in [-0.05, 0) is 30.9 Å². The minimum Gasteiger partial charge on any atom is -0.449 e. The molecule has 1 heterocycles. The number of benzene rings is 1. The van der Waals surface area contributed by atoms with Crippen LogP contribution in [0.15, 0.2) is 30.3 Å². The van der Waals surface area contributed by atoms with E-state index in [4.69, 9.17) is 4.74 Å². The fourth-order valence-corrected chi connectivity index (χ4v) is 2.64. The van der Waals surface area contributed by atoms with Crippen LogP contribution in [0.3, 0.4) is 0 Å². The molecule has 0 aromatic heterocycles. The van der Waals surface area contributed by atoms with E-state index < -0.39 is 0 Å². The molecule has 1 aliphatic rings. The van der Waals surface area contributed by atoms with Crippen molar-refractivity contribution in [1.82, 2.24) is 9.80 Å². The number of nitrogens with zero attached hydrogens (tertiary/aromatic N) is 2. The van der Waals surface area contributed by atoms with E-state index >= 15 is 0 Å². The van der Waals surface area contributed by atoms with E-state index in [1.54, 1.807) is 0 Å². The molecule has 0 radical (unpaired) electrons. The van der Waals surface area contributed by atoms with Gasteiger partial charge in [-0.2, -0.15) is 0 Å². The van der Waals surface area contributed by atoms with E-state index in [1.165, 1.54) is 5.56 Å². The van der Waals surface area contributed by atoms with Gasteiger partial charge < -0.3 is 14.5 Å². The maximum absolute atomic E-state index is 12.0. The van der Waals surface area contributed by atoms with Gasteiger partial charge in [0.25, 0.3) is 0 Å². The SMILES string of the molecule is CC(C)COC(=O)N1CCCN(CCc2ccccc2)CC1. The summed E-state index contributed by atoms with van der Waals surface area (Å²) >= 11 is 0. The minimum absolute atomic E-state index is 0.154. The Morgan fingerprint density at radius 3 is 2.64 bits per heavy atom. The molecule has 1 saturated heterocycles. The van der Waals surface area contributed by atoms with E-state index in [1.807, 2.05) is 4.90 Å². The van der Waals surface area contributed by atoms with Crippen LogP contribution in [0.2, 0.25) is 0 Å². The van der Waals surface area contributed by atoms with Crippen molar-refractivity contribution in [3.05, 3.63) is 35.9 Å². The van der Waals surface area contributed by atoms with Gasteiger partial charge in [-0.1, -0.05) is 44.2 Å². The molecule has 4 nitrogen and oxygen atoms in total. The molecule has 1 aromatic carbocycles. The van der Waals surface area contributed by atoms with Crippen LogP contribution in [0.25, 0.3) is 0 Å². The van der Waals surface area contributed by atoms with Crippen molar-refractivity contribution < 1.29 is 9.53 Å². The highest BCUT2D eigenvalue weighted by Gasteiger charge is 2.20. The first kappa shape index (κ1) is 16.8. The molecule has 0 spiro atoms. The maximum atomic E-state index is 12.0. The van der Waals surface area contributed by atoms with Crippen LogP contribution in [0, 0.1) is 5.92 Å². The van der Waals surface area contributed by atoms with Gasteiger partial charge in [0.1, 0.15) is 0 Å². The molecule has 0 atom stereocenters. The van der Waals surface area contributed by atoms with E-state index in [-0.39, 0.29) is 6.09 Å². The fourth-order valence-electron chi connectivity index (χ4n) is 2.64. The lowest BCUT2D eigenvalue weighted by molar-refractivity contribution is 0.0931. The van der Waals surface area contributed by atoms with Gasteiger partial charge in [0, 0.05) is 26.2 Å². The molecular weight excluding hydrogens is 276 g/mol. The molecule has 1 amide bonds. The Kier molecular flexibility index (Phi) is 6.72. The molecule has 1 aromatic rings.